The fourth-order valence-corrected chi connectivity index (χ4v) is 4.17. The third-order valence-corrected chi connectivity index (χ3v) is 5.84. The Kier molecular flexibility index (Phi) is 7.47. The monoisotopic (exact) mass is 464 g/mol. The van der Waals surface area contributed by atoms with Gasteiger partial charge >= 0.3 is 12.0 Å². The number of hydrogen-bond donors (Lipinski definition) is 1. The van der Waals surface area contributed by atoms with Crippen molar-refractivity contribution >= 4 is 5.97 Å². The van der Waals surface area contributed by atoms with E-state index in [0.717, 1.165) is 47.5 Å². The number of carboxylic acids is 1. The summed E-state index contributed by atoms with van der Waals surface area (Å²) in [5.41, 5.74) is 4.02. The van der Waals surface area contributed by atoms with Gasteiger partial charge < -0.3 is 24.1 Å². The predicted octanol–water partition coefficient (Wildman–Crippen LogP) is 4.51. The molecular formula is C26H28N2O6. The number of aliphatic carboxylic acids is 1. The topological polar surface area (TPSA) is 100 Å². The summed E-state index contributed by atoms with van der Waals surface area (Å²) in [6, 6.07) is 13.9. The first-order chi connectivity index (χ1) is 16.6. The summed E-state index contributed by atoms with van der Waals surface area (Å²) in [6.45, 7) is 1.07. The number of hydrogen-bond acceptors (Lipinski definition) is 7. The molecule has 0 fully saturated rings. The largest absolute Gasteiger partial charge is 0.493 e. The third-order valence-electron chi connectivity index (χ3n) is 5.84. The lowest BCUT2D eigenvalue weighted by Gasteiger charge is -2.12. The van der Waals surface area contributed by atoms with Crippen LogP contribution in [0.2, 0.25) is 0 Å². The van der Waals surface area contributed by atoms with Crippen molar-refractivity contribution < 1.29 is 28.8 Å². The van der Waals surface area contributed by atoms with Crippen LogP contribution < -0.4 is 18.9 Å². The molecule has 8 nitrogen and oxygen atoms in total. The molecule has 2 aromatic carbocycles. The van der Waals surface area contributed by atoms with Gasteiger partial charge in [-0.2, -0.15) is 4.98 Å². The van der Waals surface area contributed by atoms with E-state index in [0.29, 0.717) is 19.1 Å². The average molecular weight is 465 g/mol. The van der Waals surface area contributed by atoms with Crippen LogP contribution in [0.4, 0.5) is 0 Å². The molecule has 1 N–H and O–H groups in total. The van der Waals surface area contributed by atoms with Crippen LogP contribution in [0.15, 0.2) is 48.7 Å². The normalized spacial score (nSPS) is 14.4. The molecule has 0 aliphatic heterocycles. The molecule has 1 aliphatic carbocycles. The summed E-state index contributed by atoms with van der Waals surface area (Å²) in [6.07, 6.45) is 4.38. The maximum absolute atomic E-state index is 11.0. The van der Waals surface area contributed by atoms with Crippen LogP contribution in [-0.4, -0.2) is 48.5 Å². The lowest BCUT2D eigenvalue weighted by molar-refractivity contribution is -0.137. The molecule has 0 saturated carbocycles. The highest BCUT2D eigenvalue weighted by atomic mass is 16.5. The Bertz CT molecular complexity index is 1130. The van der Waals surface area contributed by atoms with Crippen molar-refractivity contribution in [3.63, 3.8) is 0 Å². The van der Waals surface area contributed by atoms with Crippen LogP contribution in [-0.2, 0) is 11.2 Å². The molecule has 1 atom stereocenters. The first kappa shape index (κ1) is 23.4. The third kappa shape index (κ3) is 5.57. The van der Waals surface area contributed by atoms with Crippen molar-refractivity contribution in [1.82, 2.24) is 9.97 Å². The summed E-state index contributed by atoms with van der Waals surface area (Å²) >= 11 is 0. The Morgan fingerprint density at radius 1 is 1.03 bits per heavy atom. The molecule has 1 aliphatic rings. The maximum atomic E-state index is 11.0. The molecule has 4 rings (SSSR count). The van der Waals surface area contributed by atoms with Gasteiger partial charge in [0.15, 0.2) is 0 Å². The first-order valence-electron chi connectivity index (χ1n) is 11.2. The lowest BCUT2D eigenvalue weighted by Crippen LogP contribution is -2.05. The number of methoxy groups -OCH3 is 2. The van der Waals surface area contributed by atoms with Crippen LogP contribution >= 0.6 is 0 Å². The van der Waals surface area contributed by atoms with E-state index in [9.17, 15) is 4.79 Å². The highest BCUT2D eigenvalue weighted by Gasteiger charge is 2.24. The molecule has 0 bridgehead atoms. The smallest absolute Gasteiger partial charge is 0.319 e. The van der Waals surface area contributed by atoms with Gasteiger partial charge in [0.05, 0.1) is 39.4 Å². The summed E-state index contributed by atoms with van der Waals surface area (Å²) in [4.78, 5) is 19.4. The number of rotatable bonds is 11. The quantitative estimate of drug-likeness (QED) is 0.414. The van der Waals surface area contributed by atoms with Gasteiger partial charge in [-0.25, -0.2) is 4.98 Å². The Morgan fingerprint density at radius 3 is 2.47 bits per heavy atom. The molecule has 178 valence electrons. The van der Waals surface area contributed by atoms with Crippen LogP contribution in [0.3, 0.4) is 0 Å². The van der Waals surface area contributed by atoms with Gasteiger partial charge in [-0.15, -0.1) is 0 Å². The van der Waals surface area contributed by atoms with Gasteiger partial charge in [-0.1, -0.05) is 18.2 Å². The molecule has 1 aromatic heterocycles. The highest BCUT2D eigenvalue weighted by molar-refractivity contribution is 5.69. The summed E-state index contributed by atoms with van der Waals surface area (Å²) < 4.78 is 22.1. The molecule has 0 amide bonds. The molecule has 8 heteroatoms. The van der Waals surface area contributed by atoms with Crippen molar-refractivity contribution in [1.29, 1.82) is 0 Å². The zero-order chi connectivity index (χ0) is 23.9. The number of aromatic nitrogens is 2. The minimum atomic E-state index is -0.748. The van der Waals surface area contributed by atoms with Gasteiger partial charge in [0.1, 0.15) is 11.5 Å². The van der Waals surface area contributed by atoms with Gasteiger partial charge in [0.25, 0.3) is 0 Å². The second-order valence-corrected chi connectivity index (χ2v) is 8.05. The van der Waals surface area contributed by atoms with Crippen LogP contribution in [0.25, 0.3) is 11.1 Å². The number of carboxylic acid groups (broad SMARTS) is 1. The van der Waals surface area contributed by atoms with E-state index in [-0.39, 0.29) is 18.3 Å². The molecule has 0 unspecified atom stereocenters. The van der Waals surface area contributed by atoms with E-state index in [2.05, 4.69) is 9.97 Å². The number of carbonyl (C=O) groups is 1. The average Bonchev–Trinajstić information content (AvgIpc) is 3.25. The Labute approximate surface area is 198 Å². The van der Waals surface area contributed by atoms with Crippen molar-refractivity contribution in [3.05, 3.63) is 59.8 Å². The molecule has 0 spiro atoms. The second-order valence-electron chi connectivity index (χ2n) is 8.05. The van der Waals surface area contributed by atoms with Crippen molar-refractivity contribution in [2.75, 3.05) is 27.4 Å². The number of nitrogens with zero attached hydrogens (tertiary/aromatic N) is 2. The van der Waals surface area contributed by atoms with E-state index >= 15 is 0 Å². The summed E-state index contributed by atoms with van der Waals surface area (Å²) in [5.74, 6) is 1.39. The number of fused-ring (bicyclic) bond motifs is 1. The molecule has 3 aromatic rings. The standard InChI is InChI=1S/C26H28N2O6/c1-31-25-23(16-27-26(28-25)32-2)17-6-8-20(9-7-17)33-12-3-13-34-21-10-11-22-18(14-21)4-5-19(22)15-24(29)30/h6-11,14,16,19H,3-5,12-13,15H2,1-2H3,(H,29,30)/t19-/m0/s1. The van der Waals surface area contributed by atoms with Gasteiger partial charge in [-0.3, -0.25) is 4.79 Å². The highest BCUT2D eigenvalue weighted by Crippen LogP contribution is 2.37. The minimum Gasteiger partial charge on any atom is -0.493 e. The minimum absolute atomic E-state index is 0.111. The van der Waals surface area contributed by atoms with Crippen molar-refractivity contribution in [2.45, 2.75) is 31.6 Å². The number of benzene rings is 2. The fraction of sp³-hybridized carbons (Fsp3) is 0.346. The SMILES string of the molecule is COc1ncc(-c2ccc(OCCCOc3ccc4c(c3)CC[C@H]4CC(=O)O)cc2)c(OC)n1. The van der Waals surface area contributed by atoms with E-state index < -0.39 is 5.97 Å². The van der Waals surface area contributed by atoms with Gasteiger partial charge in [-0.05, 0) is 59.7 Å². The fourth-order valence-electron chi connectivity index (χ4n) is 4.17. The first-order valence-corrected chi connectivity index (χ1v) is 11.2. The number of aryl methyl sites for hydroxylation is 1. The Hall–Kier alpha value is -3.81. The van der Waals surface area contributed by atoms with Crippen LogP contribution in [0.5, 0.6) is 23.4 Å². The Balaban J connectivity index is 1.24. The van der Waals surface area contributed by atoms with Crippen molar-refractivity contribution in [2.24, 2.45) is 0 Å². The molecule has 0 radical (unpaired) electrons. The zero-order valence-corrected chi connectivity index (χ0v) is 19.3. The molecule has 34 heavy (non-hydrogen) atoms. The lowest BCUT2D eigenvalue weighted by atomic mass is 9.98. The van der Waals surface area contributed by atoms with Gasteiger partial charge in [0.2, 0.25) is 5.88 Å². The second kappa shape index (κ2) is 10.9. The van der Waals surface area contributed by atoms with Crippen molar-refractivity contribution in [3.8, 4) is 34.5 Å². The van der Waals surface area contributed by atoms with E-state index in [4.69, 9.17) is 24.1 Å². The van der Waals surface area contributed by atoms with E-state index in [1.165, 1.54) is 12.7 Å². The van der Waals surface area contributed by atoms with E-state index in [1.54, 1.807) is 13.3 Å². The zero-order valence-electron chi connectivity index (χ0n) is 19.3. The summed E-state index contributed by atoms with van der Waals surface area (Å²) in [5, 5.41) is 9.06. The summed E-state index contributed by atoms with van der Waals surface area (Å²) in [7, 11) is 3.07. The van der Waals surface area contributed by atoms with E-state index in [1.807, 2.05) is 42.5 Å². The van der Waals surface area contributed by atoms with Crippen LogP contribution in [0, 0.1) is 0 Å². The number of ether oxygens (including phenoxy) is 4. The predicted molar refractivity (Wildman–Crippen MR) is 126 cm³/mol. The molecular weight excluding hydrogens is 436 g/mol. The molecule has 1 heterocycles. The Morgan fingerprint density at radius 2 is 1.76 bits per heavy atom. The van der Waals surface area contributed by atoms with Crippen LogP contribution in [0.1, 0.15) is 36.3 Å². The maximum Gasteiger partial charge on any atom is 0.319 e. The van der Waals surface area contributed by atoms with Gasteiger partial charge in [0, 0.05) is 12.6 Å². The molecule has 0 saturated heterocycles.